The lowest BCUT2D eigenvalue weighted by molar-refractivity contribution is -0.147. The highest BCUT2D eigenvalue weighted by Gasteiger charge is 2.36. The summed E-state index contributed by atoms with van der Waals surface area (Å²) in [6.07, 6.45) is 2.33. The van der Waals surface area contributed by atoms with E-state index in [0.717, 1.165) is 23.8 Å². The van der Waals surface area contributed by atoms with Crippen LogP contribution in [-0.4, -0.2) is 31.1 Å². The zero-order valence-corrected chi connectivity index (χ0v) is 11.9. The Balaban J connectivity index is 2.01. The van der Waals surface area contributed by atoms with Gasteiger partial charge in [-0.1, -0.05) is 36.4 Å². The van der Waals surface area contributed by atoms with E-state index >= 15 is 0 Å². The first-order valence-electron chi connectivity index (χ1n) is 6.99. The molecule has 104 valence electrons. The third-order valence-corrected chi connectivity index (χ3v) is 4.04. The smallest absolute Gasteiger partial charge is 0.327 e. The lowest BCUT2D eigenvalue weighted by Crippen LogP contribution is -2.33. The van der Waals surface area contributed by atoms with Crippen molar-refractivity contribution in [2.75, 3.05) is 14.2 Å². The second kappa shape index (κ2) is 5.25. The molecule has 1 aliphatic carbocycles. The van der Waals surface area contributed by atoms with Crippen molar-refractivity contribution in [2.45, 2.75) is 24.9 Å². The zero-order chi connectivity index (χ0) is 14.1. The largest absolute Gasteiger partial charge is 0.468 e. The maximum absolute atomic E-state index is 12.2. The van der Waals surface area contributed by atoms with Crippen LogP contribution in [0.4, 0.5) is 0 Å². The first-order valence-corrected chi connectivity index (χ1v) is 6.99. The maximum Gasteiger partial charge on any atom is 0.327 e. The molecule has 1 saturated carbocycles. The highest BCUT2D eigenvalue weighted by atomic mass is 16.5. The summed E-state index contributed by atoms with van der Waals surface area (Å²) in [6, 6.07) is 14.6. The summed E-state index contributed by atoms with van der Waals surface area (Å²) in [5.74, 6) is -0.185. The average molecular weight is 269 g/mol. The molecule has 0 saturated heterocycles. The van der Waals surface area contributed by atoms with Crippen molar-refractivity contribution in [2.24, 2.45) is 0 Å². The Hall–Kier alpha value is -1.87. The normalized spacial score (nSPS) is 16.4. The van der Waals surface area contributed by atoms with Gasteiger partial charge in [0.25, 0.3) is 0 Å². The molecule has 0 bridgehead atoms. The number of carbonyl (C=O) groups is 1. The third-order valence-electron chi connectivity index (χ3n) is 4.04. The molecule has 3 heteroatoms. The van der Waals surface area contributed by atoms with E-state index in [9.17, 15) is 4.79 Å². The third kappa shape index (κ3) is 2.41. The molecule has 0 N–H and O–H groups in total. The van der Waals surface area contributed by atoms with Gasteiger partial charge in [0.15, 0.2) is 0 Å². The molecule has 2 aromatic carbocycles. The number of hydrogen-bond acceptors (Lipinski definition) is 3. The van der Waals surface area contributed by atoms with Gasteiger partial charge in [-0.3, -0.25) is 4.90 Å². The second-order valence-corrected chi connectivity index (χ2v) is 5.43. The van der Waals surface area contributed by atoms with Gasteiger partial charge in [-0.25, -0.2) is 4.79 Å². The predicted molar refractivity (Wildman–Crippen MR) is 79.5 cm³/mol. The van der Waals surface area contributed by atoms with Gasteiger partial charge in [0.2, 0.25) is 0 Å². The Bertz CT molecular complexity index is 634. The minimum atomic E-state index is -0.308. The lowest BCUT2D eigenvalue weighted by atomic mass is 10.0. The van der Waals surface area contributed by atoms with E-state index in [0.29, 0.717) is 6.04 Å². The Labute approximate surface area is 119 Å². The van der Waals surface area contributed by atoms with Crippen LogP contribution >= 0.6 is 0 Å². The first kappa shape index (κ1) is 13.1. The van der Waals surface area contributed by atoms with Gasteiger partial charge in [0.1, 0.15) is 6.04 Å². The number of benzene rings is 2. The van der Waals surface area contributed by atoms with Crippen molar-refractivity contribution in [1.29, 1.82) is 0 Å². The zero-order valence-electron chi connectivity index (χ0n) is 11.9. The van der Waals surface area contributed by atoms with Crippen LogP contribution < -0.4 is 0 Å². The van der Waals surface area contributed by atoms with E-state index in [1.165, 1.54) is 12.5 Å². The topological polar surface area (TPSA) is 29.5 Å². The van der Waals surface area contributed by atoms with Gasteiger partial charge in [0.05, 0.1) is 7.11 Å². The molecule has 2 aromatic rings. The highest BCUT2D eigenvalue weighted by molar-refractivity contribution is 5.85. The molecule has 3 rings (SSSR count). The minimum absolute atomic E-state index is 0.185. The van der Waals surface area contributed by atoms with E-state index in [1.807, 2.05) is 25.2 Å². The van der Waals surface area contributed by atoms with E-state index < -0.39 is 0 Å². The van der Waals surface area contributed by atoms with Gasteiger partial charge in [-0.05, 0) is 42.3 Å². The van der Waals surface area contributed by atoms with E-state index in [1.54, 1.807) is 0 Å². The number of methoxy groups -OCH3 is 1. The number of hydrogen-bond donors (Lipinski definition) is 0. The van der Waals surface area contributed by atoms with Crippen LogP contribution in [0.25, 0.3) is 10.8 Å². The Kier molecular flexibility index (Phi) is 3.45. The van der Waals surface area contributed by atoms with Crippen LogP contribution in [0, 0.1) is 0 Å². The summed E-state index contributed by atoms with van der Waals surface area (Å²) < 4.78 is 5.00. The fourth-order valence-corrected chi connectivity index (χ4v) is 2.72. The molecule has 1 atom stereocenters. The molecule has 1 fully saturated rings. The molecule has 1 aliphatic rings. The van der Waals surface area contributed by atoms with Gasteiger partial charge in [0, 0.05) is 6.04 Å². The summed E-state index contributed by atoms with van der Waals surface area (Å²) in [4.78, 5) is 14.3. The minimum Gasteiger partial charge on any atom is -0.468 e. The van der Waals surface area contributed by atoms with Gasteiger partial charge in [-0.2, -0.15) is 0 Å². The van der Waals surface area contributed by atoms with Crippen LogP contribution in [0.5, 0.6) is 0 Å². The number of rotatable bonds is 4. The van der Waals surface area contributed by atoms with E-state index in [2.05, 4.69) is 29.2 Å². The summed E-state index contributed by atoms with van der Waals surface area (Å²) in [5.41, 5.74) is 1.00. The summed E-state index contributed by atoms with van der Waals surface area (Å²) in [7, 11) is 3.46. The molecule has 0 radical (unpaired) electrons. The number of carbonyl (C=O) groups excluding carboxylic acids is 1. The second-order valence-electron chi connectivity index (χ2n) is 5.43. The van der Waals surface area contributed by atoms with Crippen molar-refractivity contribution in [3.63, 3.8) is 0 Å². The van der Waals surface area contributed by atoms with Crippen LogP contribution in [0.15, 0.2) is 42.5 Å². The average Bonchev–Trinajstić information content (AvgIpc) is 3.31. The molecular formula is C17H19NO2. The predicted octanol–water partition coefficient (Wildman–Crippen LogP) is 3.15. The quantitative estimate of drug-likeness (QED) is 0.799. The number of fused-ring (bicyclic) bond motifs is 1. The van der Waals surface area contributed by atoms with Crippen LogP contribution in [-0.2, 0) is 9.53 Å². The van der Waals surface area contributed by atoms with Crippen molar-refractivity contribution in [3.8, 4) is 0 Å². The van der Waals surface area contributed by atoms with Crippen molar-refractivity contribution in [1.82, 2.24) is 4.90 Å². The molecule has 0 spiro atoms. The van der Waals surface area contributed by atoms with Crippen LogP contribution in [0.2, 0.25) is 0 Å². The molecule has 20 heavy (non-hydrogen) atoms. The van der Waals surface area contributed by atoms with Gasteiger partial charge >= 0.3 is 5.97 Å². The Morgan fingerprint density at radius 2 is 1.90 bits per heavy atom. The molecule has 0 heterocycles. The molecular weight excluding hydrogens is 250 g/mol. The molecule has 0 amide bonds. The number of ether oxygens (including phenoxy) is 1. The van der Waals surface area contributed by atoms with E-state index in [4.69, 9.17) is 4.74 Å². The number of esters is 1. The molecule has 1 unspecified atom stereocenters. The Morgan fingerprint density at radius 3 is 2.55 bits per heavy atom. The Morgan fingerprint density at radius 1 is 1.20 bits per heavy atom. The summed E-state index contributed by atoms with van der Waals surface area (Å²) >= 11 is 0. The van der Waals surface area contributed by atoms with Gasteiger partial charge < -0.3 is 4.74 Å². The van der Waals surface area contributed by atoms with Crippen LogP contribution in [0.1, 0.15) is 24.4 Å². The van der Waals surface area contributed by atoms with Crippen LogP contribution in [0.3, 0.4) is 0 Å². The fourth-order valence-electron chi connectivity index (χ4n) is 2.72. The van der Waals surface area contributed by atoms with Crippen molar-refractivity contribution < 1.29 is 9.53 Å². The van der Waals surface area contributed by atoms with Crippen molar-refractivity contribution >= 4 is 16.7 Å². The fraction of sp³-hybridized carbons (Fsp3) is 0.353. The first-order chi connectivity index (χ1) is 9.70. The van der Waals surface area contributed by atoms with Crippen molar-refractivity contribution in [3.05, 3.63) is 48.0 Å². The SMILES string of the molecule is COC(=O)C(c1ccc2ccccc2c1)N(C)C1CC1. The highest BCUT2D eigenvalue weighted by Crippen LogP contribution is 2.34. The molecule has 0 aromatic heterocycles. The van der Waals surface area contributed by atoms with Gasteiger partial charge in [-0.15, -0.1) is 0 Å². The summed E-state index contributed by atoms with van der Waals surface area (Å²) in [6.45, 7) is 0. The summed E-state index contributed by atoms with van der Waals surface area (Å²) in [5, 5.41) is 2.34. The number of nitrogens with zero attached hydrogens (tertiary/aromatic N) is 1. The standard InChI is InChI=1S/C17H19NO2/c1-18(15-9-10-15)16(17(19)20-2)14-8-7-12-5-3-4-6-13(12)11-14/h3-8,11,15-16H,9-10H2,1-2H3. The monoisotopic (exact) mass is 269 g/mol. The van der Waals surface area contributed by atoms with E-state index in [-0.39, 0.29) is 12.0 Å². The molecule has 0 aliphatic heterocycles. The lowest BCUT2D eigenvalue weighted by Gasteiger charge is -2.26. The maximum atomic E-state index is 12.2. The molecule has 3 nitrogen and oxygen atoms in total. The number of likely N-dealkylation sites (N-methyl/N-ethyl adjacent to an activating group) is 1.